The molecule has 124 valence electrons. The van der Waals surface area contributed by atoms with Crippen LogP contribution in [0, 0.1) is 0 Å². The van der Waals surface area contributed by atoms with Crippen molar-refractivity contribution in [1.82, 2.24) is 9.80 Å². The van der Waals surface area contributed by atoms with E-state index < -0.39 is 0 Å². The van der Waals surface area contributed by atoms with E-state index in [2.05, 4.69) is 0 Å². The van der Waals surface area contributed by atoms with E-state index in [9.17, 15) is 14.7 Å². The molecule has 2 amide bonds. The average molecular weight is 342 g/mol. The third kappa shape index (κ3) is 2.98. The molecule has 3 rings (SSSR count). The Balaban J connectivity index is 1.98. The van der Waals surface area contributed by atoms with Crippen molar-refractivity contribution in [2.75, 3.05) is 20.2 Å². The Bertz CT molecular complexity index is 769. The number of likely N-dealkylation sites (N-methyl/N-ethyl adjacent to an activating group) is 1. The van der Waals surface area contributed by atoms with E-state index in [1.807, 2.05) is 47.8 Å². The standard InChI is InChI=1S/C18H18N2O3S/c1-19(9-10-21)16-15(14-8-5-11-24-14)17(22)20(18(16)23)12-13-6-3-2-4-7-13/h2-8,11,21H,9-10,12H2,1H3. The van der Waals surface area contributed by atoms with Gasteiger partial charge in [-0.3, -0.25) is 14.5 Å². The predicted molar refractivity (Wildman–Crippen MR) is 93.0 cm³/mol. The maximum atomic E-state index is 12.9. The maximum absolute atomic E-state index is 12.9. The molecule has 0 saturated heterocycles. The number of amides is 2. The molecule has 1 aliphatic heterocycles. The van der Waals surface area contributed by atoms with Gasteiger partial charge in [0, 0.05) is 18.5 Å². The predicted octanol–water partition coefficient (Wildman–Crippen LogP) is 1.95. The minimum absolute atomic E-state index is 0.0854. The van der Waals surface area contributed by atoms with E-state index in [1.54, 1.807) is 11.9 Å². The molecular weight excluding hydrogens is 324 g/mol. The number of aliphatic hydroxyl groups excluding tert-OH is 1. The summed E-state index contributed by atoms with van der Waals surface area (Å²) in [6.07, 6.45) is 0. The Kier molecular flexibility index (Phi) is 4.78. The Hall–Kier alpha value is -2.44. The minimum atomic E-state index is -0.316. The van der Waals surface area contributed by atoms with Crippen LogP contribution in [0.2, 0.25) is 0 Å². The zero-order valence-electron chi connectivity index (χ0n) is 13.3. The molecule has 0 atom stereocenters. The van der Waals surface area contributed by atoms with Gasteiger partial charge in [-0.05, 0) is 17.0 Å². The molecule has 5 nitrogen and oxygen atoms in total. The molecule has 2 aromatic rings. The van der Waals surface area contributed by atoms with Crippen LogP contribution in [0.15, 0.2) is 53.5 Å². The molecular formula is C18H18N2O3S. The number of hydrogen-bond donors (Lipinski definition) is 1. The molecule has 0 spiro atoms. The Morgan fingerprint density at radius 2 is 1.83 bits per heavy atom. The molecule has 0 radical (unpaired) electrons. The molecule has 1 aliphatic rings. The SMILES string of the molecule is CN(CCO)C1=C(c2cccs2)C(=O)N(Cc2ccccc2)C1=O. The van der Waals surface area contributed by atoms with Crippen LogP contribution in [0.4, 0.5) is 0 Å². The van der Waals surface area contributed by atoms with Gasteiger partial charge >= 0.3 is 0 Å². The first-order valence-electron chi connectivity index (χ1n) is 7.63. The highest BCUT2D eigenvalue weighted by atomic mass is 32.1. The van der Waals surface area contributed by atoms with Crippen LogP contribution in [-0.4, -0.2) is 46.9 Å². The lowest BCUT2D eigenvalue weighted by molar-refractivity contribution is -0.138. The zero-order valence-corrected chi connectivity index (χ0v) is 14.1. The maximum Gasteiger partial charge on any atom is 0.278 e. The van der Waals surface area contributed by atoms with Crippen LogP contribution in [0.25, 0.3) is 5.57 Å². The number of imide groups is 1. The fourth-order valence-electron chi connectivity index (χ4n) is 2.73. The van der Waals surface area contributed by atoms with Gasteiger partial charge in [-0.25, -0.2) is 0 Å². The number of aliphatic hydroxyl groups is 1. The van der Waals surface area contributed by atoms with Gasteiger partial charge in [0.1, 0.15) is 5.70 Å². The molecule has 0 saturated carbocycles. The molecule has 1 N–H and O–H groups in total. The zero-order chi connectivity index (χ0) is 17.1. The summed E-state index contributed by atoms with van der Waals surface area (Å²) in [5, 5.41) is 11.1. The summed E-state index contributed by atoms with van der Waals surface area (Å²) in [7, 11) is 1.72. The number of benzene rings is 1. The quantitative estimate of drug-likeness (QED) is 0.815. The van der Waals surface area contributed by atoms with Crippen molar-refractivity contribution < 1.29 is 14.7 Å². The van der Waals surface area contributed by atoms with Crippen molar-refractivity contribution in [2.45, 2.75) is 6.54 Å². The van der Waals surface area contributed by atoms with Crippen molar-refractivity contribution in [3.63, 3.8) is 0 Å². The van der Waals surface area contributed by atoms with Crippen molar-refractivity contribution >= 4 is 28.7 Å². The summed E-state index contributed by atoms with van der Waals surface area (Å²) in [6.45, 7) is 0.449. The van der Waals surface area contributed by atoms with Crippen LogP contribution >= 0.6 is 11.3 Å². The molecule has 0 unspecified atom stereocenters. The first-order valence-corrected chi connectivity index (χ1v) is 8.51. The monoisotopic (exact) mass is 342 g/mol. The summed E-state index contributed by atoms with van der Waals surface area (Å²) >= 11 is 1.43. The van der Waals surface area contributed by atoms with Crippen LogP contribution < -0.4 is 0 Å². The van der Waals surface area contributed by atoms with Gasteiger partial charge in [0.05, 0.1) is 18.7 Å². The van der Waals surface area contributed by atoms with Gasteiger partial charge < -0.3 is 10.0 Å². The Morgan fingerprint density at radius 3 is 2.46 bits per heavy atom. The minimum Gasteiger partial charge on any atom is -0.395 e. The normalized spacial score (nSPS) is 14.7. The number of carbonyl (C=O) groups excluding carboxylic acids is 2. The van der Waals surface area contributed by atoms with E-state index in [4.69, 9.17) is 0 Å². The molecule has 1 aromatic heterocycles. The fourth-order valence-corrected chi connectivity index (χ4v) is 3.49. The average Bonchev–Trinajstić information content (AvgIpc) is 3.18. The molecule has 0 fully saturated rings. The van der Waals surface area contributed by atoms with Crippen molar-refractivity contribution in [3.8, 4) is 0 Å². The summed E-state index contributed by atoms with van der Waals surface area (Å²) in [4.78, 5) is 29.5. The largest absolute Gasteiger partial charge is 0.395 e. The highest BCUT2D eigenvalue weighted by Crippen LogP contribution is 2.34. The fraction of sp³-hybridized carbons (Fsp3) is 0.222. The van der Waals surface area contributed by atoms with E-state index in [0.29, 0.717) is 17.8 Å². The lowest BCUT2D eigenvalue weighted by Gasteiger charge is -2.20. The van der Waals surface area contributed by atoms with Gasteiger partial charge in [0.2, 0.25) is 0 Å². The Morgan fingerprint density at radius 1 is 1.08 bits per heavy atom. The topological polar surface area (TPSA) is 60.9 Å². The second kappa shape index (κ2) is 6.98. The number of thiophene rings is 1. The highest BCUT2D eigenvalue weighted by molar-refractivity contribution is 7.11. The third-order valence-corrected chi connectivity index (χ3v) is 4.80. The second-order valence-corrected chi connectivity index (χ2v) is 6.48. The van der Waals surface area contributed by atoms with Crippen LogP contribution in [0.5, 0.6) is 0 Å². The van der Waals surface area contributed by atoms with Crippen LogP contribution in [-0.2, 0) is 16.1 Å². The number of rotatable bonds is 6. The lowest BCUT2D eigenvalue weighted by atomic mass is 10.1. The Labute approximate surface area is 144 Å². The molecule has 0 bridgehead atoms. The molecule has 2 heterocycles. The van der Waals surface area contributed by atoms with Gasteiger partial charge in [-0.15, -0.1) is 11.3 Å². The van der Waals surface area contributed by atoms with Gasteiger partial charge in [0.15, 0.2) is 0 Å². The van der Waals surface area contributed by atoms with Gasteiger partial charge in [-0.2, -0.15) is 0 Å². The van der Waals surface area contributed by atoms with Gasteiger partial charge in [0.25, 0.3) is 11.8 Å². The summed E-state index contributed by atoms with van der Waals surface area (Å²) < 4.78 is 0. The van der Waals surface area contributed by atoms with Crippen molar-refractivity contribution in [3.05, 3.63) is 64.0 Å². The first-order chi connectivity index (χ1) is 11.6. The van der Waals surface area contributed by atoms with Crippen LogP contribution in [0.1, 0.15) is 10.4 Å². The number of carbonyl (C=O) groups is 2. The van der Waals surface area contributed by atoms with Crippen molar-refractivity contribution in [1.29, 1.82) is 0 Å². The first kappa shape index (κ1) is 16.4. The molecule has 24 heavy (non-hydrogen) atoms. The summed E-state index contributed by atoms with van der Waals surface area (Å²) in [6, 6.07) is 13.1. The molecule has 0 aliphatic carbocycles. The molecule has 1 aromatic carbocycles. The lowest BCUT2D eigenvalue weighted by Crippen LogP contribution is -2.34. The van der Waals surface area contributed by atoms with E-state index >= 15 is 0 Å². The van der Waals surface area contributed by atoms with Gasteiger partial charge in [-0.1, -0.05) is 36.4 Å². The smallest absolute Gasteiger partial charge is 0.278 e. The third-order valence-electron chi connectivity index (χ3n) is 3.91. The molecule has 6 heteroatoms. The van der Waals surface area contributed by atoms with E-state index in [-0.39, 0.29) is 25.0 Å². The number of nitrogens with zero attached hydrogens (tertiary/aromatic N) is 2. The summed E-state index contributed by atoms with van der Waals surface area (Å²) in [5.74, 6) is -0.603. The van der Waals surface area contributed by atoms with Crippen molar-refractivity contribution in [2.24, 2.45) is 0 Å². The van der Waals surface area contributed by atoms with E-state index in [0.717, 1.165) is 10.4 Å². The highest BCUT2D eigenvalue weighted by Gasteiger charge is 2.40. The van der Waals surface area contributed by atoms with Crippen LogP contribution in [0.3, 0.4) is 0 Å². The second-order valence-electron chi connectivity index (χ2n) is 5.53. The summed E-state index contributed by atoms with van der Waals surface area (Å²) in [5.41, 5.74) is 1.67. The van der Waals surface area contributed by atoms with E-state index in [1.165, 1.54) is 16.2 Å². The number of hydrogen-bond acceptors (Lipinski definition) is 5.